The summed E-state index contributed by atoms with van der Waals surface area (Å²) in [6.07, 6.45) is 1.26. The van der Waals surface area contributed by atoms with E-state index in [9.17, 15) is 4.79 Å². The zero-order valence-corrected chi connectivity index (χ0v) is 10.9. The van der Waals surface area contributed by atoms with Gasteiger partial charge in [-0.2, -0.15) is 0 Å². The van der Waals surface area contributed by atoms with Crippen molar-refractivity contribution >= 4 is 17.5 Å². The van der Waals surface area contributed by atoms with E-state index in [1.807, 2.05) is 12.1 Å². The molecule has 4 nitrogen and oxygen atoms in total. The molecule has 1 saturated heterocycles. The maximum absolute atomic E-state index is 11.8. The summed E-state index contributed by atoms with van der Waals surface area (Å²) >= 11 is 5.84. The lowest BCUT2D eigenvalue weighted by Gasteiger charge is -2.15. The summed E-state index contributed by atoms with van der Waals surface area (Å²) in [5, 5.41) is 0.629. The number of hydrogen-bond donors (Lipinski definition) is 1. The van der Waals surface area contributed by atoms with Gasteiger partial charge in [0.25, 0.3) is 0 Å². The SMILES string of the molecule is N[C@H]1CCN(C(=O)CCOc2cccc(Cl)c2)C1. The molecule has 1 aliphatic heterocycles. The molecule has 0 unspecified atom stereocenters. The van der Waals surface area contributed by atoms with Crippen molar-refractivity contribution in [2.75, 3.05) is 19.7 Å². The van der Waals surface area contributed by atoms with Crippen LogP contribution in [0.5, 0.6) is 5.75 Å². The molecular weight excluding hydrogens is 252 g/mol. The van der Waals surface area contributed by atoms with E-state index in [1.54, 1.807) is 17.0 Å². The Morgan fingerprint density at radius 2 is 2.39 bits per heavy atom. The highest BCUT2D eigenvalue weighted by Gasteiger charge is 2.22. The maximum Gasteiger partial charge on any atom is 0.226 e. The molecule has 1 fully saturated rings. The summed E-state index contributed by atoms with van der Waals surface area (Å²) in [7, 11) is 0. The molecule has 18 heavy (non-hydrogen) atoms. The van der Waals surface area contributed by atoms with Crippen molar-refractivity contribution in [3.8, 4) is 5.75 Å². The summed E-state index contributed by atoms with van der Waals surface area (Å²) in [5.41, 5.74) is 5.76. The van der Waals surface area contributed by atoms with Crippen molar-refractivity contribution in [3.05, 3.63) is 29.3 Å². The first-order chi connectivity index (χ1) is 8.65. The zero-order chi connectivity index (χ0) is 13.0. The molecule has 1 aromatic carbocycles. The minimum atomic E-state index is 0.102. The number of rotatable bonds is 4. The summed E-state index contributed by atoms with van der Waals surface area (Å²) in [6, 6.07) is 7.28. The van der Waals surface area contributed by atoms with Crippen molar-refractivity contribution in [2.45, 2.75) is 18.9 Å². The second-order valence-electron chi connectivity index (χ2n) is 4.44. The van der Waals surface area contributed by atoms with Gasteiger partial charge >= 0.3 is 0 Å². The predicted octanol–water partition coefficient (Wildman–Crippen LogP) is 1.67. The van der Waals surface area contributed by atoms with E-state index in [2.05, 4.69) is 0 Å². The smallest absolute Gasteiger partial charge is 0.226 e. The fraction of sp³-hybridized carbons (Fsp3) is 0.462. The van der Waals surface area contributed by atoms with Crippen LogP contribution in [0.25, 0.3) is 0 Å². The molecule has 0 radical (unpaired) electrons. The summed E-state index contributed by atoms with van der Waals surface area (Å²) < 4.78 is 5.48. The Labute approximate surface area is 112 Å². The summed E-state index contributed by atoms with van der Waals surface area (Å²) in [5.74, 6) is 0.790. The molecule has 0 saturated carbocycles. The average molecular weight is 269 g/mol. The Bertz CT molecular complexity index is 425. The minimum Gasteiger partial charge on any atom is -0.493 e. The van der Waals surface area contributed by atoms with Crippen LogP contribution in [0.4, 0.5) is 0 Å². The molecule has 0 aliphatic carbocycles. The Kier molecular flexibility index (Phi) is 4.44. The Morgan fingerprint density at radius 3 is 3.06 bits per heavy atom. The number of amides is 1. The van der Waals surface area contributed by atoms with Crippen LogP contribution in [0.2, 0.25) is 5.02 Å². The summed E-state index contributed by atoms with van der Waals surface area (Å²) in [4.78, 5) is 13.6. The Hall–Kier alpha value is -1.26. The number of ether oxygens (including phenoxy) is 1. The predicted molar refractivity (Wildman–Crippen MR) is 70.7 cm³/mol. The number of carbonyl (C=O) groups excluding carboxylic acids is 1. The van der Waals surface area contributed by atoms with E-state index in [0.717, 1.165) is 13.0 Å². The van der Waals surface area contributed by atoms with Crippen molar-refractivity contribution in [3.63, 3.8) is 0 Å². The third-order valence-electron chi connectivity index (χ3n) is 2.96. The normalized spacial score (nSPS) is 19.0. The average Bonchev–Trinajstić information content (AvgIpc) is 2.76. The third-order valence-corrected chi connectivity index (χ3v) is 3.19. The monoisotopic (exact) mass is 268 g/mol. The fourth-order valence-electron chi connectivity index (χ4n) is 1.98. The van der Waals surface area contributed by atoms with Crippen LogP contribution in [0.15, 0.2) is 24.3 Å². The van der Waals surface area contributed by atoms with E-state index in [-0.39, 0.29) is 11.9 Å². The van der Waals surface area contributed by atoms with Crippen molar-refractivity contribution in [1.29, 1.82) is 0 Å². The third kappa shape index (κ3) is 3.62. The molecule has 98 valence electrons. The quantitative estimate of drug-likeness (QED) is 0.904. The molecular formula is C13H17ClN2O2. The fourth-order valence-corrected chi connectivity index (χ4v) is 2.17. The Morgan fingerprint density at radius 1 is 1.56 bits per heavy atom. The van der Waals surface area contributed by atoms with Gasteiger partial charge in [0.05, 0.1) is 13.0 Å². The molecule has 1 amide bonds. The number of hydrogen-bond acceptors (Lipinski definition) is 3. The topological polar surface area (TPSA) is 55.6 Å². The van der Waals surface area contributed by atoms with Crippen LogP contribution in [-0.4, -0.2) is 36.5 Å². The van der Waals surface area contributed by atoms with Gasteiger partial charge in [0.2, 0.25) is 5.91 Å². The number of carbonyl (C=O) groups is 1. The van der Waals surface area contributed by atoms with E-state index < -0.39 is 0 Å². The van der Waals surface area contributed by atoms with E-state index in [0.29, 0.717) is 30.3 Å². The Balaban J connectivity index is 1.73. The molecule has 0 spiro atoms. The van der Waals surface area contributed by atoms with Gasteiger partial charge in [0.1, 0.15) is 5.75 Å². The number of nitrogens with zero attached hydrogens (tertiary/aromatic N) is 1. The molecule has 1 aliphatic rings. The van der Waals surface area contributed by atoms with Gasteiger partial charge in [-0.3, -0.25) is 4.79 Å². The largest absolute Gasteiger partial charge is 0.493 e. The first kappa shape index (κ1) is 13.2. The highest BCUT2D eigenvalue weighted by molar-refractivity contribution is 6.30. The van der Waals surface area contributed by atoms with Gasteiger partial charge in [-0.25, -0.2) is 0 Å². The van der Waals surface area contributed by atoms with Crippen LogP contribution < -0.4 is 10.5 Å². The van der Waals surface area contributed by atoms with Gasteiger partial charge in [-0.05, 0) is 24.6 Å². The zero-order valence-electron chi connectivity index (χ0n) is 10.1. The maximum atomic E-state index is 11.8. The van der Waals surface area contributed by atoms with Crippen LogP contribution >= 0.6 is 11.6 Å². The van der Waals surface area contributed by atoms with Crippen molar-refractivity contribution in [2.24, 2.45) is 5.73 Å². The highest BCUT2D eigenvalue weighted by Crippen LogP contribution is 2.17. The molecule has 5 heteroatoms. The lowest BCUT2D eigenvalue weighted by Crippen LogP contribution is -2.32. The molecule has 1 heterocycles. The number of likely N-dealkylation sites (tertiary alicyclic amines) is 1. The van der Waals surface area contributed by atoms with Gasteiger partial charge in [-0.15, -0.1) is 0 Å². The van der Waals surface area contributed by atoms with Gasteiger partial charge < -0.3 is 15.4 Å². The first-order valence-corrected chi connectivity index (χ1v) is 6.44. The number of halogens is 1. The van der Waals surface area contributed by atoms with E-state index in [4.69, 9.17) is 22.1 Å². The van der Waals surface area contributed by atoms with Gasteiger partial charge in [0.15, 0.2) is 0 Å². The van der Waals surface area contributed by atoms with Crippen LogP contribution in [0, 0.1) is 0 Å². The molecule has 1 aromatic rings. The second-order valence-corrected chi connectivity index (χ2v) is 4.88. The van der Waals surface area contributed by atoms with Crippen LogP contribution in [-0.2, 0) is 4.79 Å². The van der Waals surface area contributed by atoms with Gasteiger partial charge in [0, 0.05) is 24.2 Å². The van der Waals surface area contributed by atoms with Crippen LogP contribution in [0.1, 0.15) is 12.8 Å². The molecule has 0 bridgehead atoms. The standard InChI is InChI=1S/C13H17ClN2O2/c14-10-2-1-3-12(8-10)18-7-5-13(17)16-6-4-11(15)9-16/h1-3,8,11H,4-7,9,15H2/t11-/m0/s1. The van der Waals surface area contributed by atoms with Crippen molar-refractivity contribution < 1.29 is 9.53 Å². The lowest BCUT2D eigenvalue weighted by molar-refractivity contribution is -0.130. The van der Waals surface area contributed by atoms with E-state index >= 15 is 0 Å². The molecule has 2 rings (SSSR count). The van der Waals surface area contributed by atoms with E-state index in [1.165, 1.54) is 0 Å². The lowest BCUT2D eigenvalue weighted by atomic mass is 10.3. The molecule has 2 N–H and O–H groups in total. The van der Waals surface area contributed by atoms with Crippen LogP contribution in [0.3, 0.4) is 0 Å². The van der Waals surface area contributed by atoms with Crippen molar-refractivity contribution in [1.82, 2.24) is 4.90 Å². The summed E-state index contributed by atoms with van der Waals surface area (Å²) in [6.45, 7) is 1.79. The highest BCUT2D eigenvalue weighted by atomic mass is 35.5. The molecule has 0 aromatic heterocycles. The van der Waals surface area contributed by atoms with Gasteiger partial charge in [-0.1, -0.05) is 17.7 Å². The number of benzene rings is 1. The first-order valence-electron chi connectivity index (χ1n) is 6.07. The molecule has 1 atom stereocenters. The number of nitrogens with two attached hydrogens (primary N) is 1. The second kappa shape index (κ2) is 6.07. The minimum absolute atomic E-state index is 0.102.